The smallest absolute Gasteiger partial charge is 0.337 e. The third-order valence-corrected chi connectivity index (χ3v) is 6.46. The van der Waals surface area contributed by atoms with Crippen molar-refractivity contribution in [2.75, 3.05) is 7.05 Å². The predicted molar refractivity (Wildman–Crippen MR) is 131 cm³/mol. The number of hydrogen-bond donors (Lipinski definition) is 3. The number of aromatic nitrogens is 2. The number of carbonyl (C=O) groups is 2. The molecule has 3 aromatic rings. The zero-order valence-electron chi connectivity index (χ0n) is 19.3. The molecule has 1 aromatic carbocycles. The van der Waals surface area contributed by atoms with Gasteiger partial charge in [0, 0.05) is 55.4 Å². The van der Waals surface area contributed by atoms with E-state index in [1.165, 1.54) is 17.2 Å². The summed E-state index contributed by atoms with van der Waals surface area (Å²) in [4.78, 5) is 33.5. The number of hydrogen-bond acceptors (Lipinski definition) is 6. The van der Waals surface area contributed by atoms with E-state index in [1.54, 1.807) is 43.7 Å². The van der Waals surface area contributed by atoms with Crippen molar-refractivity contribution in [1.29, 1.82) is 0 Å². The topological polar surface area (TPSA) is 116 Å². The molecule has 0 spiro atoms. The van der Waals surface area contributed by atoms with Crippen LogP contribution in [0, 0.1) is 0 Å². The Balaban J connectivity index is 1.31. The van der Waals surface area contributed by atoms with Gasteiger partial charge < -0.3 is 20.4 Å². The fourth-order valence-electron chi connectivity index (χ4n) is 4.38. The Morgan fingerprint density at radius 1 is 1.09 bits per heavy atom. The van der Waals surface area contributed by atoms with Crippen molar-refractivity contribution in [1.82, 2.24) is 20.2 Å². The number of carbonyl (C=O) groups excluding carboxylic acids is 1. The zero-order chi connectivity index (χ0) is 24.9. The number of halogens is 1. The quantitative estimate of drug-likeness (QED) is 0.410. The van der Waals surface area contributed by atoms with Crippen molar-refractivity contribution in [2.24, 2.45) is 0 Å². The van der Waals surface area contributed by atoms with Crippen LogP contribution in [0.15, 0.2) is 61.1 Å². The van der Waals surface area contributed by atoms with Crippen LogP contribution in [0.25, 0.3) is 0 Å². The molecule has 35 heavy (non-hydrogen) atoms. The Morgan fingerprint density at radius 3 is 2.54 bits per heavy atom. The van der Waals surface area contributed by atoms with Crippen LogP contribution in [0.4, 0.5) is 0 Å². The van der Waals surface area contributed by atoms with E-state index in [-0.39, 0.29) is 30.1 Å². The lowest BCUT2D eigenvalue weighted by molar-refractivity contribution is 0.0696. The van der Waals surface area contributed by atoms with Crippen molar-refractivity contribution in [2.45, 2.75) is 44.0 Å². The highest BCUT2D eigenvalue weighted by Crippen LogP contribution is 2.27. The molecule has 1 amide bonds. The van der Waals surface area contributed by atoms with Crippen molar-refractivity contribution in [3.8, 4) is 0 Å². The van der Waals surface area contributed by atoms with E-state index in [0.717, 1.165) is 30.4 Å². The van der Waals surface area contributed by atoms with Crippen LogP contribution in [0.2, 0.25) is 5.15 Å². The van der Waals surface area contributed by atoms with Crippen LogP contribution >= 0.6 is 11.6 Å². The van der Waals surface area contributed by atoms with Crippen LogP contribution in [-0.4, -0.2) is 56.1 Å². The first-order chi connectivity index (χ1) is 16.8. The number of carboxylic acid groups (broad SMARTS) is 1. The maximum atomic E-state index is 12.8. The molecule has 1 fully saturated rings. The van der Waals surface area contributed by atoms with Gasteiger partial charge in [-0.2, -0.15) is 0 Å². The van der Waals surface area contributed by atoms with E-state index in [2.05, 4.69) is 15.3 Å². The molecule has 2 aromatic heterocycles. The number of aliphatic hydroxyl groups is 1. The van der Waals surface area contributed by atoms with E-state index in [1.807, 2.05) is 12.1 Å². The SMILES string of the molecule is CN(Cc1cncc(C(=O)O)c1)C(=O)c1ccc(C[C@@H]2CC[C@H](C(O)c3ccc(Cl)nc3)N2)cc1. The number of aromatic carboxylic acids is 1. The molecule has 182 valence electrons. The molecule has 0 aliphatic carbocycles. The lowest BCUT2D eigenvalue weighted by atomic mass is 10.0. The van der Waals surface area contributed by atoms with Gasteiger partial charge in [0.25, 0.3) is 5.91 Å². The molecule has 1 saturated heterocycles. The fourth-order valence-corrected chi connectivity index (χ4v) is 4.49. The number of benzene rings is 1. The van der Waals surface area contributed by atoms with Crippen molar-refractivity contribution in [3.05, 3.63) is 94.0 Å². The largest absolute Gasteiger partial charge is 0.478 e. The third-order valence-electron chi connectivity index (χ3n) is 6.24. The second-order valence-corrected chi connectivity index (χ2v) is 9.24. The first kappa shape index (κ1) is 24.8. The van der Waals surface area contributed by atoms with E-state index in [9.17, 15) is 14.7 Å². The van der Waals surface area contributed by atoms with Gasteiger partial charge in [-0.25, -0.2) is 9.78 Å². The third kappa shape index (κ3) is 6.22. The second-order valence-electron chi connectivity index (χ2n) is 8.86. The van der Waals surface area contributed by atoms with E-state index in [4.69, 9.17) is 16.7 Å². The van der Waals surface area contributed by atoms with Crippen molar-refractivity contribution >= 4 is 23.5 Å². The molecule has 8 nitrogen and oxygen atoms in total. The number of pyridine rings is 2. The molecular formula is C26H27ClN4O4. The number of carboxylic acids is 1. The second kappa shape index (κ2) is 10.9. The number of nitrogens with one attached hydrogen (secondary N) is 1. The molecule has 3 atom stereocenters. The van der Waals surface area contributed by atoms with Gasteiger partial charge in [0.2, 0.25) is 0 Å². The molecule has 0 bridgehead atoms. The molecular weight excluding hydrogens is 468 g/mol. The summed E-state index contributed by atoms with van der Waals surface area (Å²) >= 11 is 5.84. The fraction of sp³-hybridized carbons (Fsp3) is 0.308. The minimum atomic E-state index is -1.05. The number of rotatable bonds is 8. The average molecular weight is 495 g/mol. The monoisotopic (exact) mass is 494 g/mol. The molecule has 9 heteroatoms. The van der Waals surface area contributed by atoms with Gasteiger partial charge in [0.05, 0.1) is 11.7 Å². The summed E-state index contributed by atoms with van der Waals surface area (Å²) in [5.74, 6) is -1.21. The minimum absolute atomic E-state index is 0.0494. The summed E-state index contributed by atoms with van der Waals surface area (Å²) in [5, 5.41) is 23.7. The first-order valence-electron chi connectivity index (χ1n) is 11.4. The molecule has 0 radical (unpaired) electrons. The Kier molecular flexibility index (Phi) is 7.75. The van der Waals surface area contributed by atoms with Gasteiger partial charge in [-0.15, -0.1) is 0 Å². The molecule has 0 saturated carbocycles. The first-order valence-corrected chi connectivity index (χ1v) is 11.7. The van der Waals surface area contributed by atoms with Crippen LogP contribution in [0.5, 0.6) is 0 Å². The Labute approximate surface area is 208 Å². The molecule has 4 rings (SSSR count). The van der Waals surface area contributed by atoms with Crippen LogP contribution in [0.1, 0.15) is 56.4 Å². The zero-order valence-corrected chi connectivity index (χ0v) is 20.0. The lowest BCUT2D eigenvalue weighted by Crippen LogP contribution is -2.35. The van der Waals surface area contributed by atoms with Gasteiger partial charge >= 0.3 is 5.97 Å². The van der Waals surface area contributed by atoms with Crippen LogP contribution in [-0.2, 0) is 13.0 Å². The number of nitrogens with zero attached hydrogens (tertiary/aromatic N) is 3. The Morgan fingerprint density at radius 2 is 1.86 bits per heavy atom. The Hall–Kier alpha value is -3.33. The molecule has 1 unspecified atom stereocenters. The Bertz CT molecular complexity index is 1190. The standard InChI is InChI=1S/C26H27ClN4O4/c1-31(15-17-10-20(26(34)35)13-28-12-17)25(33)18-4-2-16(3-5-18)11-21-7-8-22(30-21)24(32)19-6-9-23(27)29-14-19/h2-6,9-10,12-14,21-22,24,30,32H,7-8,11,15H2,1H3,(H,34,35)/t21-,22+,24?/m0/s1. The van der Waals surface area contributed by atoms with Gasteiger partial charge in [0.1, 0.15) is 5.15 Å². The van der Waals surface area contributed by atoms with E-state index < -0.39 is 12.1 Å². The highest BCUT2D eigenvalue weighted by molar-refractivity contribution is 6.29. The molecule has 3 heterocycles. The summed E-state index contributed by atoms with van der Waals surface area (Å²) in [6.07, 6.45) is 6.38. The maximum absolute atomic E-state index is 12.8. The van der Waals surface area contributed by atoms with Crippen LogP contribution < -0.4 is 5.32 Å². The van der Waals surface area contributed by atoms with Gasteiger partial charge in [-0.1, -0.05) is 29.8 Å². The van der Waals surface area contributed by atoms with Crippen LogP contribution in [0.3, 0.4) is 0 Å². The normalized spacial score (nSPS) is 18.3. The summed E-state index contributed by atoms with van der Waals surface area (Å²) in [6, 6.07) is 12.7. The number of aliphatic hydroxyl groups excluding tert-OH is 1. The molecule has 1 aliphatic rings. The van der Waals surface area contributed by atoms with Crippen molar-refractivity contribution in [3.63, 3.8) is 0 Å². The summed E-state index contributed by atoms with van der Waals surface area (Å²) in [7, 11) is 1.67. The predicted octanol–water partition coefficient (Wildman–Crippen LogP) is 3.50. The highest BCUT2D eigenvalue weighted by Gasteiger charge is 2.30. The summed E-state index contributed by atoms with van der Waals surface area (Å²) < 4.78 is 0. The van der Waals surface area contributed by atoms with Gasteiger partial charge in [-0.3, -0.25) is 9.78 Å². The van der Waals surface area contributed by atoms with Crippen molar-refractivity contribution < 1.29 is 19.8 Å². The molecule has 1 aliphatic heterocycles. The minimum Gasteiger partial charge on any atom is -0.478 e. The highest BCUT2D eigenvalue weighted by atomic mass is 35.5. The summed E-state index contributed by atoms with van der Waals surface area (Å²) in [5.41, 5.74) is 3.14. The lowest BCUT2D eigenvalue weighted by Gasteiger charge is -2.20. The van der Waals surface area contributed by atoms with E-state index >= 15 is 0 Å². The maximum Gasteiger partial charge on any atom is 0.337 e. The average Bonchev–Trinajstić information content (AvgIpc) is 3.32. The molecule has 3 N–H and O–H groups in total. The van der Waals surface area contributed by atoms with Gasteiger partial charge in [0.15, 0.2) is 0 Å². The van der Waals surface area contributed by atoms with Gasteiger partial charge in [-0.05, 0) is 54.7 Å². The summed E-state index contributed by atoms with van der Waals surface area (Å²) in [6.45, 7) is 0.257. The van der Waals surface area contributed by atoms with E-state index in [0.29, 0.717) is 16.3 Å². The number of amides is 1.